The molecule has 3 N–H and O–H groups in total. The summed E-state index contributed by atoms with van der Waals surface area (Å²) in [7, 11) is 0. The Morgan fingerprint density at radius 1 is 0.765 bits per heavy atom. The fraction of sp³-hybridized carbons (Fsp3) is 0.929. The monoisotopic (exact) mass is 240 g/mol. The first-order chi connectivity index (χ1) is 8.34. The van der Waals surface area contributed by atoms with Crippen LogP contribution >= 0.6 is 0 Å². The number of nitrogens with two attached hydrogens (primary N) is 1. The molecule has 0 spiro atoms. The average molecular weight is 240 g/mol. The summed E-state index contributed by atoms with van der Waals surface area (Å²) in [5.74, 6) is 0.751. The van der Waals surface area contributed by atoms with Gasteiger partial charge < -0.3 is 10.9 Å². The number of hydrogen-bond donors (Lipinski definition) is 2. The minimum Gasteiger partial charge on any atom is -0.409 e. The van der Waals surface area contributed by atoms with E-state index in [1.54, 1.807) is 0 Å². The zero-order valence-corrected chi connectivity index (χ0v) is 11.0. The van der Waals surface area contributed by atoms with Gasteiger partial charge in [-0.05, 0) is 12.8 Å². The third-order valence-electron chi connectivity index (χ3n) is 3.89. The number of hydrogen-bond acceptors (Lipinski definition) is 2. The molecule has 0 aliphatic heterocycles. The van der Waals surface area contributed by atoms with E-state index in [1.807, 2.05) is 0 Å². The van der Waals surface area contributed by atoms with Crippen LogP contribution in [0.4, 0.5) is 0 Å². The summed E-state index contributed by atoms with van der Waals surface area (Å²) in [6.45, 7) is 0. The molecule has 1 saturated carbocycles. The van der Waals surface area contributed by atoms with Crippen molar-refractivity contribution in [3.63, 3.8) is 0 Å². The van der Waals surface area contributed by atoms with Gasteiger partial charge in [0.25, 0.3) is 0 Å². The number of oxime groups is 1. The standard InChI is InChI=1S/C14H28N2O/c15-14(16-17)13-11-9-7-5-3-1-2-4-6-8-10-12-13/h13,17H,1-12H2,(H2,15,16). The van der Waals surface area contributed by atoms with E-state index >= 15 is 0 Å². The van der Waals surface area contributed by atoms with Crippen LogP contribution in [0.3, 0.4) is 0 Å². The van der Waals surface area contributed by atoms with Crippen molar-refractivity contribution in [1.82, 2.24) is 0 Å². The fourth-order valence-corrected chi connectivity index (χ4v) is 2.72. The third kappa shape index (κ3) is 6.54. The van der Waals surface area contributed by atoms with Crippen molar-refractivity contribution < 1.29 is 5.21 Å². The Kier molecular flexibility index (Phi) is 7.85. The fourth-order valence-electron chi connectivity index (χ4n) is 2.72. The molecule has 0 aromatic heterocycles. The van der Waals surface area contributed by atoms with E-state index < -0.39 is 0 Å². The molecule has 0 amide bonds. The molecule has 100 valence electrons. The van der Waals surface area contributed by atoms with Crippen LogP contribution in [-0.2, 0) is 0 Å². The van der Waals surface area contributed by atoms with Gasteiger partial charge in [0.2, 0.25) is 0 Å². The molecule has 3 nitrogen and oxygen atoms in total. The van der Waals surface area contributed by atoms with Crippen LogP contribution in [0.1, 0.15) is 77.0 Å². The van der Waals surface area contributed by atoms with Gasteiger partial charge in [0.15, 0.2) is 0 Å². The highest BCUT2D eigenvalue weighted by Crippen LogP contribution is 2.20. The molecular formula is C14H28N2O. The summed E-state index contributed by atoms with van der Waals surface area (Å²) in [6.07, 6.45) is 15.5. The Labute approximate surface area is 105 Å². The maximum Gasteiger partial charge on any atom is 0.142 e. The molecule has 0 bridgehead atoms. The van der Waals surface area contributed by atoms with Crippen molar-refractivity contribution in [1.29, 1.82) is 0 Å². The van der Waals surface area contributed by atoms with Crippen LogP contribution in [0.2, 0.25) is 0 Å². The summed E-state index contributed by atoms with van der Waals surface area (Å²) in [5.41, 5.74) is 5.76. The number of nitrogens with zero attached hydrogens (tertiary/aromatic N) is 1. The third-order valence-corrected chi connectivity index (χ3v) is 3.89. The zero-order chi connectivity index (χ0) is 12.3. The van der Waals surface area contributed by atoms with E-state index in [2.05, 4.69) is 5.16 Å². The van der Waals surface area contributed by atoms with E-state index in [1.165, 1.54) is 64.2 Å². The van der Waals surface area contributed by atoms with Crippen LogP contribution in [0.5, 0.6) is 0 Å². The highest BCUT2D eigenvalue weighted by Gasteiger charge is 2.13. The lowest BCUT2D eigenvalue weighted by atomic mass is 9.94. The van der Waals surface area contributed by atoms with E-state index in [9.17, 15) is 0 Å². The molecule has 1 fully saturated rings. The van der Waals surface area contributed by atoms with Gasteiger partial charge in [0.05, 0.1) is 0 Å². The first-order valence-electron chi connectivity index (χ1n) is 7.32. The predicted octanol–water partition coefficient (Wildman–Crippen LogP) is 4.04. The molecular weight excluding hydrogens is 212 g/mol. The van der Waals surface area contributed by atoms with E-state index in [0.29, 0.717) is 11.8 Å². The van der Waals surface area contributed by atoms with E-state index in [0.717, 1.165) is 12.8 Å². The Hall–Kier alpha value is -0.730. The van der Waals surface area contributed by atoms with Crippen molar-refractivity contribution in [2.45, 2.75) is 77.0 Å². The molecule has 0 radical (unpaired) electrons. The van der Waals surface area contributed by atoms with Crippen molar-refractivity contribution in [3.8, 4) is 0 Å². The SMILES string of the molecule is N/C(=N/O)C1CCCCCCCCCCCC1. The molecule has 3 heteroatoms. The number of rotatable bonds is 1. The molecule has 1 aliphatic carbocycles. The lowest BCUT2D eigenvalue weighted by molar-refractivity contribution is 0.311. The van der Waals surface area contributed by atoms with Gasteiger partial charge in [0.1, 0.15) is 5.84 Å². The Balaban J connectivity index is 2.36. The van der Waals surface area contributed by atoms with Crippen LogP contribution in [-0.4, -0.2) is 11.0 Å². The minimum atomic E-state index is 0.306. The second kappa shape index (κ2) is 9.32. The molecule has 0 aromatic carbocycles. The van der Waals surface area contributed by atoms with Gasteiger partial charge >= 0.3 is 0 Å². The van der Waals surface area contributed by atoms with Crippen LogP contribution in [0.25, 0.3) is 0 Å². The van der Waals surface area contributed by atoms with Gasteiger partial charge in [-0.2, -0.15) is 0 Å². The summed E-state index contributed by atoms with van der Waals surface area (Å²) in [6, 6.07) is 0. The second-order valence-corrected chi connectivity index (χ2v) is 5.33. The molecule has 0 unspecified atom stereocenters. The first-order valence-corrected chi connectivity index (χ1v) is 7.32. The van der Waals surface area contributed by atoms with Gasteiger partial charge in [-0.1, -0.05) is 69.4 Å². The summed E-state index contributed by atoms with van der Waals surface area (Å²) >= 11 is 0. The van der Waals surface area contributed by atoms with Gasteiger partial charge in [-0.15, -0.1) is 0 Å². The number of amidine groups is 1. The zero-order valence-electron chi connectivity index (χ0n) is 11.0. The first kappa shape index (κ1) is 14.3. The summed E-state index contributed by atoms with van der Waals surface area (Å²) in [4.78, 5) is 0. The van der Waals surface area contributed by atoms with Crippen molar-refractivity contribution >= 4 is 5.84 Å². The predicted molar refractivity (Wildman–Crippen MR) is 72.3 cm³/mol. The maximum absolute atomic E-state index is 8.78. The normalized spacial score (nSPS) is 23.4. The minimum absolute atomic E-state index is 0.306. The molecule has 0 saturated heterocycles. The second-order valence-electron chi connectivity index (χ2n) is 5.33. The Morgan fingerprint density at radius 2 is 1.12 bits per heavy atom. The average Bonchev–Trinajstić information content (AvgIpc) is 2.38. The molecule has 0 atom stereocenters. The van der Waals surface area contributed by atoms with E-state index in [4.69, 9.17) is 10.9 Å². The van der Waals surface area contributed by atoms with Crippen molar-refractivity contribution in [2.24, 2.45) is 16.8 Å². The van der Waals surface area contributed by atoms with Crippen LogP contribution in [0.15, 0.2) is 5.16 Å². The Morgan fingerprint density at radius 3 is 1.47 bits per heavy atom. The van der Waals surface area contributed by atoms with E-state index in [-0.39, 0.29) is 0 Å². The molecule has 1 rings (SSSR count). The van der Waals surface area contributed by atoms with Gasteiger partial charge in [-0.3, -0.25) is 0 Å². The van der Waals surface area contributed by atoms with Crippen LogP contribution < -0.4 is 5.73 Å². The molecule has 0 heterocycles. The van der Waals surface area contributed by atoms with Crippen molar-refractivity contribution in [3.05, 3.63) is 0 Å². The lowest BCUT2D eigenvalue weighted by Crippen LogP contribution is -2.23. The van der Waals surface area contributed by atoms with Crippen molar-refractivity contribution in [2.75, 3.05) is 0 Å². The quantitative estimate of drug-likeness (QED) is 0.314. The van der Waals surface area contributed by atoms with Gasteiger partial charge in [-0.25, -0.2) is 0 Å². The highest BCUT2D eigenvalue weighted by molar-refractivity contribution is 5.82. The van der Waals surface area contributed by atoms with Crippen LogP contribution in [0, 0.1) is 5.92 Å². The molecule has 1 aliphatic rings. The molecule has 0 aromatic rings. The highest BCUT2D eigenvalue weighted by atomic mass is 16.4. The summed E-state index contributed by atoms with van der Waals surface area (Å²) in [5, 5.41) is 12.0. The van der Waals surface area contributed by atoms with Gasteiger partial charge in [0, 0.05) is 5.92 Å². The largest absolute Gasteiger partial charge is 0.409 e. The smallest absolute Gasteiger partial charge is 0.142 e. The Bertz CT molecular complexity index is 202. The maximum atomic E-state index is 8.78. The summed E-state index contributed by atoms with van der Waals surface area (Å²) < 4.78 is 0. The lowest BCUT2D eigenvalue weighted by Gasteiger charge is -2.14. The molecule has 17 heavy (non-hydrogen) atoms. The topological polar surface area (TPSA) is 58.6 Å².